The lowest BCUT2D eigenvalue weighted by molar-refractivity contribution is -0.743. The highest BCUT2D eigenvalue weighted by Crippen LogP contribution is 2.39. The standard InChI is InChI=1S/C13H11FN2O4/c14-8-5-6-11(15(17)18)10(7-8)13-9-3-1-2-4-12(9)16(19)20-13/h3,5-7,13H,1-2,4H2. The van der Waals surface area contributed by atoms with Crippen LogP contribution in [0.1, 0.15) is 30.9 Å². The fourth-order valence-corrected chi connectivity index (χ4v) is 2.59. The van der Waals surface area contributed by atoms with Crippen LogP contribution in [0.2, 0.25) is 0 Å². The average molecular weight is 278 g/mol. The minimum absolute atomic E-state index is 0.0685. The van der Waals surface area contributed by atoms with Crippen LogP contribution < -0.4 is 0 Å². The fraction of sp³-hybridized carbons (Fsp3) is 0.308. The third kappa shape index (κ3) is 1.91. The maximum atomic E-state index is 13.4. The van der Waals surface area contributed by atoms with Gasteiger partial charge in [0.15, 0.2) is 0 Å². The van der Waals surface area contributed by atoms with E-state index in [1.807, 2.05) is 6.08 Å². The molecular formula is C13H11FN2O4. The largest absolute Gasteiger partial charge is 0.390 e. The van der Waals surface area contributed by atoms with Crippen LogP contribution in [-0.4, -0.2) is 15.5 Å². The second kappa shape index (κ2) is 4.59. The maximum Gasteiger partial charge on any atom is 0.274 e. The summed E-state index contributed by atoms with van der Waals surface area (Å²) in [6.07, 6.45) is 3.10. The normalized spacial score (nSPS) is 21.2. The summed E-state index contributed by atoms with van der Waals surface area (Å²) in [4.78, 5) is 16.0. The van der Waals surface area contributed by atoms with Gasteiger partial charge in [0, 0.05) is 23.0 Å². The molecule has 0 saturated heterocycles. The summed E-state index contributed by atoms with van der Waals surface area (Å²) in [6.45, 7) is 0. The van der Waals surface area contributed by atoms with Crippen LogP contribution >= 0.6 is 0 Å². The van der Waals surface area contributed by atoms with Gasteiger partial charge in [0.05, 0.1) is 10.5 Å². The molecule has 0 fully saturated rings. The molecule has 3 rings (SSSR count). The van der Waals surface area contributed by atoms with Gasteiger partial charge in [0.25, 0.3) is 5.69 Å². The Hall–Kier alpha value is -2.44. The second-order valence-electron chi connectivity index (χ2n) is 4.70. The molecule has 0 N–H and O–H groups in total. The van der Waals surface area contributed by atoms with E-state index in [-0.39, 0.29) is 11.3 Å². The van der Waals surface area contributed by atoms with E-state index in [1.165, 1.54) is 0 Å². The Morgan fingerprint density at radius 1 is 1.45 bits per heavy atom. The van der Waals surface area contributed by atoms with E-state index in [2.05, 4.69) is 0 Å². The molecule has 1 atom stereocenters. The molecule has 1 aliphatic heterocycles. The highest BCUT2D eigenvalue weighted by Gasteiger charge is 2.39. The molecule has 6 nitrogen and oxygen atoms in total. The van der Waals surface area contributed by atoms with Crippen molar-refractivity contribution < 1.29 is 19.1 Å². The number of nitro benzene ring substituents is 1. The summed E-state index contributed by atoms with van der Waals surface area (Å²) >= 11 is 0. The zero-order valence-electron chi connectivity index (χ0n) is 10.4. The van der Waals surface area contributed by atoms with E-state index in [1.54, 1.807) is 0 Å². The van der Waals surface area contributed by atoms with Crippen LogP contribution in [0, 0.1) is 21.1 Å². The number of nitrogens with zero attached hydrogens (tertiary/aromatic N) is 2. The molecule has 20 heavy (non-hydrogen) atoms. The molecule has 0 saturated carbocycles. The minimum Gasteiger partial charge on any atom is -0.390 e. The van der Waals surface area contributed by atoms with E-state index in [9.17, 15) is 19.7 Å². The van der Waals surface area contributed by atoms with Gasteiger partial charge >= 0.3 is 0 Å². The summed E-state index contributed by atoms with van der Waals surface area (Å²) in [5, 5.41) is 22.8. The van der Waals surface area contributed by atoms with Gasteiger partial charge in [0.1, 0.15) is 11.9 Å². The number of hydrogen-bond acceptors (Lipinski definition) is 4. The van der Waals surface area contributed by atoms with Gasteiger partial charge in [-0.15, -0.1) is 0 Å². The van der Waals surface area contributed by atoms with E-state index >= 15 is 0 Å². The quantitative estimate of drug-likeness (QED) is 0.473. The molecule has 0 amide bonds. The van der Waals surface area contributed by atoms with Crippen molar-refractivity contribution in [3.8, 4) is 0 Å². The van der Waals surface area contributed by atoms with E-state index in [0.29, 0.717) is 22.6 Å². The predicted molar refractivity (Wildman–Crippen MR) is 67.4 cm³/mol. The SMILES string of the molecule is O=[N+]([O-])c1ccc(F)cc1C1O[N+]([O-])=C2CCCC=C21. The number of nitro groups is 1. The molecule has 1 aromatic rings. The summed E-state index contributed by atoms with van der Waals surface area (Å²) in [5.41, 5.74) is 0.899. The van der Waals surface area contributed by atoms with Crippen molar-refractivity contribution in [1.29, 1.82) is 0 Å². The lowest BCUT2D eigenvalue weighted by Crippen LogP contribution is -2.12. The lowest BCUT2D eigenvalue weighted by Gasteiger charge is -2.15. The first-order valence-corrected chi connectivity index (χ1v) is 6.22. The molecule has 1 heterocycles. The van der Waals surface area contributed by atoms with Crippen molar-refractivity contribution in [3.05, 3.63) is 56.6 Å². The van der Waals surface area contributed by atoms with Crippen molar-refractivity contribution in [2.24, 2.45) is 0 Å². The smallest absolute Gasteiger partial charge is 0.274 e. The van der Waals surface area contributed by atoms with Crippen molar-refractivity contribution in [2.45, 2.75) is 25.4 Å². The number of rotatable bonds is 2. The number of fused-ring (bicyclic) bond motifs is 1. The predicted octanol–water partition coefficient (Wildman–Crippen LogP) is 2.78. The minimum atomic E-state index is -0.904. The maximum absolute atomic E-state index is 13.4. The van der Waals surface area contributed by atoms with Gasteiger partial charge in [-0.05, 0) is 25.0 Å². The first-order chi connectivity index (χ1) is 9.58. The molecule has 7 heteroatoms. The summed E-state index contributed by atoms with van der Waals surface area (Å²) < 4.78 is 13.4. The Kier molecular flexibility index (Phi) is 2.89. The van der Waals surface area contributed by atoms with Gasteiger partial charge in [-0.25, -0.2) is 4.39 Å². The van der Waals surface area contributed by atoms with Gasteiger partial charge in [0.2, 0.25) is 5.71 Å². The molecule has 104 valence electrons. The van der Waals surface area contributed by atoms with Crippen molar-refractivity contribution in [3.63, 3.8) is 0 Å². The van der Waals surface area contributed by atoms with Crippen LogP contribution in [0.4, 0.5) is 10.1 Å². The molecule has 2 aliphatic rings. The topological polar surface area (TPSA) is 78.4 Å². The molecule has 1 unspecified atom stereocenters. The van der Waals surface area contributed by atoms with Crippen molar-refractivity contribution in [1.82, 2.24) is 0 Å². The first-order valence-electron chi connectivity index (χ1n) is 6.22. The van der Waals surface area contributed by atoms with Gasteiger partial charge in [-0.2, -0.15) is 0 Å². The van der Waals surface area contributed by atoms with Crippen molar-refractivity contribution in [2.75, 3.05) is 0 Å². The summed E-state index contributed by atoms with van der Waals surface area (Å²) in [7, 11) is 0. The van der Waals surface area contributed by atoms with Gasteiger partial charge < -0.3 is 4.84 Å². The molecule has 0 bridgehead atoms. The molecule has 0 radical (unpaired) electrons. The highest BCUT2D eigenvalue weighted by molar-refractivity contribution is 5.99. The Morgan fingerprint density at radius 3 is 3.00 bits per heavy atom. The third-order valence-corrected chi connectivity index (χ3v) is 3.49. The molecule has 0 aromatic heterocycles. The zero-order chi connectivity index (χ0) is 14.3. The number of allylic oxidation sites excluding steroid dienone is 1. The number of benzene rings is 1. The van der Waals surface area contributed by atoms with Crippen LogP contribution in [0.15, 0.2) is 29.8 Å². The molecule has 1 aliphatic carbocycles. The fourth-order valence-electron chi connectivity index (χ4n) is 2.59. The Balaban J connectivity index is 2.09. The third-order valence-electron chi connectivity index (χ3n) is 3.49. The average Bonchev–Trinajstić information content (AvgIpc) is 2.76. The van der Waals surface area contributed by atoms with E-state index < -0.39 is 16.8 Å². The zero-order valence-corrected chi connectivity index (χ0v) is 10.4. The Morgan fingerprint density at radius 2 is 2.25 bits per heavy atom. The van der Waals surface area contributed by atoms with Crippen LogP contribution in [0.25, 0.3) is 0 Å². The summed E-state index contributed by atoms with van der Waals surface area (Å²) in [6, 6.07) is 3.16. The monoisotopic (exact) mass is 278 g/mol. The van der Waals surface area contributed by atoms with Crippen LogP contribution in [0.3, 0.4) is 0 Å². The van der Waals surface area contributed by atoms with Gasteiger partial charge in [-0.1, -0.05) is 6.08 Å². The number of hydrogen-bond donors (Lipinski definition) is 0. The molecule has 0 spiro atoms. The highest BCUT2D eigenvalue weighted by atomic mass is 19.1. The molecular weight excluding hydrogens is 267 g/mol. The Bertz CT molecular complexity index is 654. The van der Waals surface area contributed by atoms with E-state index in [0.717, 1.165) is 31.0 Å². The number of halogens is 1. The lowest BCUT2D eigenvalue weighted by atomic mass is 9.90. The van der Waals surface area contributed by atoms with Crippen LogP contribution in [-0.2, 0) is 4.84 Å². The van der Waals surface area contributed by atoms with Crippen LogP contribution in [0.5, 0.6) is 0 Å². The van der Waals surface area contributed by atoms with Crippen molar-refractivity contribution >= 4 is 11.4 Å². The summed E-state index contributed by atoms with van der Waals surface area (Å²) in [5.74, 6) is -0.600. The first kappa shape index (κ1) is 12.6. The Labute approximate surface area is 113 Å². The second-order valence-corrected chi connectivity index (χ2v) is 4.70. The van der Waals surface area contributed by atoms with E-state index in [4.69, 9.17) is 4.84 Å². The van der Waals surface area contributed by atoms with Gasteiger partial charge in [-0.3, -0.25) is 15.3 Å². The molecule has 1 aromatic carbocycles.